The second-order valence-corrected chi connectivity index (χ2v) is 10.7. The highest BCUT2D eigenvalue weighted by molar-refractivity contribution is 5.88. The Morgan fingerprint density at radius 1 is 0.848 bits per heavy atom. The predicted molar refractivity (Wildman–Crippen MR) is 134 cm³/mol. The summed E-state index contributed by atoms with van der Waals surface area (Å²) in [5, 5.41) is 9.43. The van der Waals surface area contributed by atoms with E-state index in [0.717, 1.165) is 57.8 Å². The van der Waals surface area contributed by atoms with E-state index in [1.54, 1.807) is 0 Å². The van der Waals surface area contributed by atoms with Crippen molar-refractivity contribution < 1.29 is 14.4 Å². The van der Waals surface area contributed by atoms with Gasteiger partial charge in [0.1, 0.15) is 6.04 Å². The first-order valence-electron chi connectivity index (χ1n) is 13.8. The van der Waals surface area contributed by atoms with Crippen molar-refractivity contribution in [2.45, 2.75) is 129 Å². The lowest BCUT2D eigenvalue weighted by atomic mass is 9.83. The number of hydrogen-bond acceptors (Lipinski definition) is 3. The van der Waals surface area contributed by atoms with Gasteiger partial charge in [-0.15, -0.1) is 0 Å². The SMILES string of the molecule is CCCCC(=O)NCCCC(CC1CCCCC1)NC(=O)C(NC(=O)C(C)C)C1CCCC1. The molecule has 2 rings (SSSR count). The minimum absolute atomic E-state index is 0.0105. The molecule has 6 nitrogen and oxygen atoms in total. The molecule has 190 valence electrons. The van der Waals surface area contributed by atoms with Gasteiger partial charge in [-0.3, -0.25) is 14.4 Å². The Morgan fingerprint density at radius 2 is 1.52 bits per heavy atom. The third-order valence-corrected chi connectivity index (χ3v) is 7.47. The fraction of sp³-hybridized carbons (Fsp3) is 0.889. The summed E-state index contributed by atoms with van der Waals surface area (Å²) in [5.74, 6) is 0.849. The standard InChI is InChI=1S/C27H49N3O3/c1-4-5-17-24(31)28-18-11-16-23(19-21-12-7-6-8-13-21)29-27(33)25(22-14-9-10-15-22)30-26(32)20(2)3/h20-23,25H,4-19H2,1-3H3,(H,28,31)(H,29,33)(H,30,32). The maximum absolute atomic E-state index is 13.4. The average molecular weight is 464 g/mol. The van der Waals surface area contributed by atoms with Gasteiger partial charge in [-0.1, -0.05) is 72.1 Å². The third kappa shape index (κ3) is 10.5. The molecule has 0 aromatic rings. The molecule has 2 fully saturated rings. The van der Waals surface area contributed by atoms with Crippen LogP contribution < -0.4 is 16.0 Å². The molecule has 0 spiro atoms. The maximum Gasteiger partial charge on any atom is 0.243 e. The van der Waals surface area contributed by atoms with Gasteiger partial charge in [-0.05, 0) is 50.4 Å². The van der Waals surface area contributed by atoms with Gasteiger partial charge in [0.05, 0.1) is 0 Å². The zero-order valence-electron chi connectivity index (χ0n) is 21.4. The van der Waals surface area contributed by atoms with Gasteiger partial charge in [-0.2, -0.15) is 0 Å². The molecule has 2 atom stereocenters. The quantitative estimate of drug-likeness (QED) is 0.322. The summed E-state index contributed by atoms with van der Waals surface area (Å²) in [5.41, 5.74) is 0. The molecule has 2 aliphatic rings. The van der Waals surface area contributed by atoms with E-state index in [4.69, 9.17) is 0 Å². The number of nitrogens with one attached hydrogen (secondary N) is 3. The first-order chi connectivity index (χ1) is 15.9. The molecule has 0 bridgehead atoms. The molecule has 2 saturated carbocycles. The summed E-state index contributed by atoms with van der Waals surface area (Å²) in [4.78, 5) is 37.8. The Balaban J connectivity index is 1.95. The number of carbonyl (C=O) groups is 3. The topological polar surface area (TPSA) is 87.3 Å². The van der Waals surface area contributed by atoms with Crippen LogP contribution in [0, 0.1) is 17.8 Å². The fourth-order valence-electron chi connectivity index (χ4n) is 5.38. The maximum atomic E-state index is 13.4. The number of hydrogen-bond donors (Lipinski definition) is 3. The smallest absolute Gasteiger partial charge is 0.243 e. The van der Waals surface area contributed by atoms with Gasteiger partial charge in [0, 0.05) is 24.9 Å². The molecule has 0 aliphatic heterocycles. The van der Waals surface area contributed by atoms with E-state index in [2.05, 4.69) is 22.9 Å². The fourth-order valence-corrected chi connectivity index (χ4v) is 5.38. The van der Waals surface area contributed by atoms with E-state index >= 15 is 0 Å². The molecule has 3 amide bonds. The Kier molecular flexibility index (Phi) is 12.9. The van der Waals surface area contributed by atoms with Crippen LogP contribution in [0.25, 0.3) is 0 Å². The van der Waals surface area contributed by atoms with Crippen molar-refractivity contribution in [1.29, 1.82) is 0 Å². The van der Waals surface area contributed by atoms with E-state index in [1.165, 1.54) is 32.1 Å². The minimum Gasteiger partial charge on any atom is -0.356 e. The first-order valence-corrected chi connectivity index (χ1v) is 13.8. The van der Waals surface area contributed by atoms with Crippen LogP contribution in [0.5, 0.6) is 0 Å². The van der Waals surface area contributed by atoms with Crippen molar-refractivity contribution in [3.8, 4) is 0 Å². The Labute approximate surface area is 201 Å². The van der Waals surface area contributed by atoms with Gasteiger partial charge in [0.2, 0.25) is 17.7 Å². The molecular formula is C27H49N3O3. The van der Waals surface area contributed by atoms with E-state index in [0.29, 0.717) is 18.9 Å². The summed E-state index contributed by atoms with van der Waals surface area (Å²) in [6.07, 6.45) is 16.0. The Hall–Kier alpha value is -1.59. The lowest BCUT2D eigenvalue weighted by molar-refractivity contribution is -0.132. The van der Waals surface area contributed by atoms with Crippen LogP contribution in [0.4, 0.5) is 0 Å². The molecule has 0 radical (unpaired) electrons. The van der Waals surface area contributed by atoms with Crippen molar-refractivity contribution in [2.24, 2.45) is 17.8 Å². The van der Waals surface area contributed by atoms with E-state index in [9.17, 15) is 14.4 Å². The van der Waals surface area contributed by atoms with Gasteiger partial charge in [0.15, 0.2) is 0 Å². The van der Waals surface area contributed by atoms with E-state index in [-0.39, 0.29) is 35.6 Å². The van der Waals surface area contributed by atoms with Crippen LogP contribution in [-0.4, -0.2) is 36.3 Å². The largest absolute Gasteiger partial charge is 0.356 e. The summed E-state index contributed by atoms with van der Waals surface area (Å²) in [7, 11) is 0. The zero-order valence-corrected chi connectivity index (χ0v) is 21.4. The molecule has 0 heterocycles. The Bertz CT molecular complexity index is 595. The van der Waals surface area contributed by atoms with Crippen molar-refractivity contribution in [1.82, 2.24) is 16.0 Å². The molecule has 3 N–H and O–H groups in total. The summed E-state index contributed by atoms with van der Waals surface area (Å²) in [6.45, 7) is 6.50. The lowest BCUT2D eigenvalue weighted by Crippen LogP contribution is -2.53. The van der Waals surface area contributed by atoms with Crippen LogP contribution in [0.15, 0.2) is 0 Å². The second kappa shape index (κ2) is 15.3. The number of carbonyl (C=O) groups excluding carboxylic acids is 3. The molecule has 0 saturated heterocycles. The van der Waals surface area contributed by atoms with Crippen LogP contribution in [-0.2, 0) is 14.4 Å². The molecule has 2 unspecified atom stereocenters. The normalized spacial score (nSPS) is 19.3. The van der Waals surface area contributed by atoms with Crippen molar-refractivity contribution in [3.63, 3.8) is 0 Å². The van der Waals surface area contributed by atoms with Crippen LogP contribution in [0.1, 0.15) is 117 Å². The summed E-state index contributed by atoms with van der Waals surface area (Å²) in [6, 6.07) is -0.321. The third-order valence-electron chi connectivity index (χ3n) is 7.47. The van der Waals surface area contributed by atoms with Crippen LogP contribution in [0.2, 0.25) is 0 Å². The molecule has 33 heavy (non-hydrogen) atoms. The van der Waals surface area contributed by atoms with Gasteiger partial charge in [0.25, 0.3) is 0 Å². The van der Waals surface area contributed by atoms with Crippen molar-refractivity contribution >= 4 is 17.7 Å². The molecule has 2 aliphatic carbocycles. The lowest BCUT2D eigenvalue weighted by Gasteiger charge is -2.30. The van der Waals surface area contributed by atoms with Crippen molar-refractivity contribution in [2.75, 3.05) is 6.54 Å². The highest BCUT2D eigenvalue weighted by Gasteiger charge is 2.33. The summed E-state index contributed by atoms with van der Waals surface area (Å²) < 4.78 is 0. The monoisotopic (exact) mass is 463 g/mol. The first kappa shape index (κ1) is 27.7. The minimum atomic E-state index is -0.426. The van der Waals surface area contributed by atoms with E-state index < -0.39 is 6.04 Å². The summed E-state index contributed by atoms with van der Waals surface area (Å²) >= 11 is 0. The number of unbranched alkanes of at least 4 members (excludes halogenated alkanes) is 1. The average Bonchev–Trinajstić information content (AvgIpc) is 3.33. The van der Waals surface area contributed by atoms with Gasteiger partial charge >= 0.3 is 0 Å². The van der Waals surface area contributed by atoms with E-state index in [1.807, 2.05) is 13.8 Å². The number of amides is 3. The molecule has 0 aromatic carbocycles. The predicted octanol–water partition coefficient (Wildman–Crippen LogP) is 4.86. The second-order valence-electron chi connectivity index (χ2n) is 10.7. The molecule has 0 aromatic heterocycles. The van der Waals surface area contributed by atoms with Crippen molar-refractivity contribution in [3.05, 3.63) is 0 Å². The Morgan fingerprint density at radius 3 is 2.15 bits per heavy atom. The van der Waals surface area contributed by atoms with Crippen LogP contribution >= 0.6 is 0 Å². The highest BCUT2D eigenvalue weighted by atomic mass is 16.2. The molecule has 6 heteroatoms. The zero-order chi connectivity index (χ0) is 24.1. The number of rotatable bonds is 14. The van der Waals surface area contributed by atoms with Gasteiger partial charge < -0.3 is 16.0 Å². The van der Waals surface area contributed by atoms with Gasteiger partial charge in [-0.25, -0.2) is 0 Å². The highest BCUT2D eigenvalue weighted by Crippen LogP contribution is 2.30. The molecular weight excluding hydrogens is 414 g/mol. The van der Waals surface area contributed by atoms with Crippen LogP contribution in [0.3, 0.4) is 0 Å².